The molecule has 2 aliphatic rings. The second kappa shape index (κ2) is 7.84. The minimum atomic E-state index is -0.0988. The Balaban J connectivity index is 1.44. The van der Waals surface area contributed by atoms with Crippen molar-refractivity contribution in [1.82, 2.24) is 26.1 Å². The van der Waals surface area contributed by atoms with Crippen LogP contribution in [0, 0.1) is 0 Å². The quantitative estimate of drug-likeness (QED) is 0.752. The molecule has 7 heteroatoms. The van der Waals surface area contributed by atoms with Crippen LogP contribution in [0.4, 0.5) is 0 Å². The molecule has 0 unspecified atom stereocenters. The van der Waals surface area contributed by atoms with E-state index in [9.17, 15) is 4.79 Å². The van der Waals surface area contributed by atoms with Gasteiger partial charge in [-0.15, -0.1) is 0 Å². The summed E-state index contributed by atoms with van der Waals surface area (Å²) in [5.41, 5.74) is 5.92. The van der Waals surface area contributed by atoms with Crippen LogP contribution in [0.1, 0.15) is 11.1 Å². The number of rotatable bonds is 5. The molecule has 2 aliphatic heterocycles. The summed E-state index contributed by atoms with van der Waals surface area (Å²) in [7, 11) is 0. The van der Waals surface area contributed by atoms with Gasteiger partial charge in [0.2, 0.25) is 0 Å². The average Bonchev–Trinajstić information content (AvgIpc) is 3.15. The van der Waals surface area contributed by atoms with Gasteiger partial charge < -0.3 is 10.6 Å². The molecule has 1 aromatic carbocycles. The minimum Gasteiger partial charge on any atom is -0.348 e. The van der Waals surface area contributed by atoms with Crippen molar-refractivity contribution in [3.8, 4) is 0 Å². The highest BCUT2D eigenvalue weighted by atomic mass is 16.1. The van der Waals surface area contributed by atoms with E-state index >= 15 is 0 Å². The number of nitrogens with one attached hydrogen (secondary N) is 3. The maximum Gasteiger partial charge on any atom is 0.252 e. The van der Waals surface area contributed by atoms with Crippen molar-refractivity contribution in [3.05, 3.63) is 89.7 Å². The lowest BCUT2D eigenvalue weighted by atomic mass is 10.2. The van der Waals surface area contributed by atoms with E-state index in [4.69, 9.17) is 0 Å². The number of benzene rings is 1. The van der Waals surface area contributed by atoms with E-state index in [1.54, 1.807) is 17.4 Å². The van der Waals surface area contributed by atoms with E-state index in [2.05, 4.69) is 26.0 Å². The maximum absolute atomic E-state index is 12.6. The van der Waals surface area contributed by atoms with Crippen molar-refractivity contribution >= 4 is 11.7 Å². The van der Waals surface area contributed by atoms with Crippen LogP contribution in [-0.4, -0.2) is 28.3 Å². The molecule has 3 heterocycles. The number of hydrazine groups is 1. The number of nitrogens with zero attached hydrogens (tertiary/aromatic N) is 3. The fraction of sp³-hybridized carbons (Fsp3) is 0.150. The number of amidine groups is 1. The van der Waals surface area contributed by atoms with Crippen LogP contribution in [0.3, 0.4) is 0 Å². The average molecular weight is 360 g/mol. The summed E-state index contributed by atoms with van der Waals surface area (Å²) in [6, 6.07) is 13.7. The van der Waals surface area contributed by atoms with Gasteiger partial charge in [0.1, 0.15) is 11.7 Å². The molecule has 2 aromatic rings. The molecule has 0 fully saturated rings. The van der Waals surface area contributed by atoms with Crippen molar-refractivity contribution in [2.24, 2.45) is 4.99 Å². The molecule has 0 bridgehead atoms. The van der Waals surface area contributed by atoms with E-state index in [1.165, 1.54) is 0 Å². The fourth-order valence-corrected chi connectivity index (χ4v) is 2.88. The second-order valence-electron chi connectivity index (χ2n) is 6.20. The van der Waals surface area contributed by atoms with Gasteiger partial charge in [0, 0.05) is 31.7 Å². The van der Waals surface area contributed by atoms with Gasteiger partial charge in [-0.2, -0.15) is 0 Å². The molecular formula is C20H20N6O. The van der Waals surface area contributed by atoms with E-state index in [0.29, 0.717) is 36.9 Å². The highest BCUT2D eigenvalue weighted by molar-refractivity contribution is 5.99. The first-order valence-electron chi connectivity index (χ1n) is 8.76. The van der Waals surface area contributed by atoms with Crippen LogP contribution in [0.5, 0.6) is 0 Å². The summed E-state index contributed by atoms with van der Waals surface area (Å²) in [6.45, 7) is 1.48. The molecule has 0 aliphatic carbocycles. The first kappa shape index (κ1) is 17.0. The molecule has 0 radical (unpaired) electrons. The van der Waals surface area contributed by atoms with Crippen molar-refractivity contribution in [1.29, 1.82) is 0 Å². The topological polar surface area (TPSA) is 81.6 Å². The normalized spacial score (nSPS) is 17.0. The molecule has 0 atom stereocenters. The summed E-state index contributed by atoms with van der Waals surface area (Å²) in [5, 5.41) is 8.02. The van der Waals surface area contributed by atoms with Gasteiger partial charge in [-0.25, -0.2) is 5.43 Å². The van der Waals surface area contributed by atoms with E-state index in [0.717, 1.165) is 11.1 Å². The van der Waals surface area contributed by atoms with Crippen LogP contribution in [0.25, 0.3) is 0 Å². The van der Waals surface area contributed by atoms with Crippen molar-refractivity contribution in [2.75, 3.05) is 6.54 Å². The maximum atomic E-state index is 12.6. The van der Waals surface area contributed by atoms with Crippen molar-refractivity contribution < 1.29 is 4.79 Å². The number of aromatic nitrogens is 1. The monoisotopic (exact) mass is 360 g/mol. The Hall–Kier alpha value is -3.45. The smallest absolute Gasteiger partial charge is 0.252 e. The third-order valence-corrected chi connectivity index (χ3v) is 4.31. The number of carbonyl (C=O) groups is 1. The molecule has 27 heavy (non-hydrogen) atoms. The van der Waals surface area contributed by atoms with Gasteiger partial charge in [0.05, 0.1) is 12.1 Å². The molecule has 1 aromatic heterocycles. The molecule has 136 valence electrons. The van der Waals surface area contributed by atoms with Gasteiger partial charge in [-0.1, -0.05) is 36.4 Å². The zero-order valence-corrected chi connectivity index (χ0v) is 14.7. The van der Waals surface area contributed by atoms with E-state index in [1.807, 2.05) is 54.7 Å². The van der Waals surface area contributed by atoms with Crippen LogP contribution < -0.4 is 16.1 Å². The number of amides is 1. The number of hydrogen-bond donors (Lipinski definition) is 3. The number of fused-ring (bicyclic) bond motifs is 1. The highest BCUT2D eigenvalue weighted by Gasteiger charge is 2.28. The number of pyridine rings is 1. The number of carbonyl (C=O) groups excluding carboxylic acids is 1. The zero-order valence-electron chi connectivity index (χ0n) is 14.7. The summed E-state index contributed by atoms with van der Waals surface area (Å²) in [4.78, 5) is 21.3. The second-order valence-corrected chi connectivity index (χ2v) is 6.20. The Kier molecular flexibility index (Phi) is 4.93. The fourth-order valence-electron chi connectivity index (χ4n) is 2.88. The third-order valence-electron chi connectivity index (χ3n) is 4.31. The lowest BCUT2D eigenvalue weighted by molar-refractivity contribution is -0.117. The number of hydrogen-bond acceptors (Lipinski definition) is 5. The predicted molar refractivity (Wildman–Crippen MR) is 103 cm³/mol. The van der Waals surface area contributed by atoms with Gasteiger partial charge in [0.25, 0.3) is 5.91 Å². The van der Waals surface area contributed by atoms with Crippen LogP contribution in [0.15, 0.2) is 83.5 Å². The summed E-state index contributed by atoms with van der Waals surface area (Å²) in [5.74, 6) is 1.33. The highest BCUT2D eigenvalue weighted by Crippen LogP contribution is 2.17. The molecule has 0 saturated carbocycles. The predicted octanol–water partition coefficient (Wildman–Crippen LogP) is 1.45. The summed E-state index contributed by atoms with van der Waals surface area (Å²) < 4.78 is 0. The summed E-state index contributed by atoms with van der Waals surface area (Å²) >= 11 is 0. The van der Waals surface area contributed by atoms with Crippen molar-refractivity contribution in [3.63, 3.8) is 0 Å². The largest absolute Gasteiger partial charge is 0.348 e. The Morgan fingerprint density at radius 2 is 2.04 bits per heavy atom. The van der Waals surface area contributed by atoms with E-state index < -0.39 is 0 Å². The molecule has 7 nitrogen and oxygen atoms in total. The molecule has 1 amide bonds. The Bertz CT molecular complexity index is 905. The number of aliphatic imine (C=N–C) groups is 1. The molecule has 4 rings (SSSR count). The molecule has 0 spiro atoms. The van der Waals surface area contributed by atoms with Crippen LogP contribution >= 0.6 is 0 Å². The lowest BCUT2D eigenvalue weighted by Gasteiger charge is -2.23. The van der Waals surface area contributed by atoms with Crippen LogP contribution in [-0.2, 0) is 17.9 Å². The third kappa shape index (κ3) is 4.04. The van der Waals surface area contributed by atoms with Gasteiger partial charge in [-0.05, 0) is 23.3 Å². The Labute approximate surface area is 157 Å². The standard InChI is InChI=1S/C20H20N6O/c27-20(23-12-15-5-2-1-3-6-15)17-14-24-26-10-8-18(25-19(17)26)22-13-16-7-4-9-21-11-16/h1-11,24H,12-14H2,(H,22,25)(H,23,27). The Morgan fingerprint density at radius 3 is 2.85 bits per heavy atom. The zero-order chi connectivity index (χ0) is 18.5. The minimum absolute atomic E-state index is 0.0988. The van der Waals surface area contributed by atoms with Crippen molar-refractivity contribution in [2.45, 2.75) is 13.1 Å². The molecule has 3 N–H and O–H groups in total. The Morgan fingerprint density at radius 1 is 1.19 bits per heavy atom. The van der Waals surface area contributed by atoms with Gasteiger partial charge in [0.15, 0.2) is 0 Å². The van der Waals surface area contributed by atoms with E-state index in [-0.39, 0.29) is 5.91 Å². The summed E-state index contributed by atoms with van der Waals surface area (Å²) in [6.07, 6.45) is 7.27. The first-order chi connectivity index (χ1) is 13.3. The first-order valence-corrected chi connectivity index (χ1v) is 8.76. The lowest BCUT2D eigenvalue weighted by Crippen LogP contribution is -2.38. The molecule has 0 saturated heterocycles. The van der Waals surface area contributed by atoms with Gasteiger partial charge >= 0.3 is 0 Å². The molecular weight excluding hydrogens is 340 g/mol. The van der Waals surface area contributed by atoms with Gasteiger partial charge in [-0.3, -0.25) is 19.8 Å². The van der Waals surface area contributed by atoms with Crippen LogP contribution in [0.2, 0.25) is 0 Å². The SMILES string of the molecule is O=C(NCc1ccccc1)C1=C2NC(=NCc3cccnc3)C=CN2NC1.